The van der Waals surface area contributed by atoms with E-state index in [-0.39, 0.29) is 0 Å². The topological polar surface area (TPSA) is 3.24 Å². The summed E-state index contributed by atoms with van der Waals surface area (Å²) in [6.45, 7) is 2.49. The number of nitrogens with zero attached hydrogens (tertiary/aromatic N) is 1. The molecule has 1 aromatic rings. The van der Waals surface area contributed by atoms with E-state index in [0.29, 0.717) is 0 Å². The molecule has 0 bridgehead atoms. The molecule has 1 saturated carbocycles. The van der Waals surface area contributed by atoms with Gasteiger partial charge in [0.2, 0.25) is 0 Å². The second-order valence-corrected chi connectivity index (χ2v) is 7.57. The van der Waals surface area contributed by atoms with Crippen LogP contribution in [0.3, 0.4) is 0 Å². The first-order valence-electron chi connectivity index (χ1n) is 8.21. The Morgan fingerprint density at radius 1 is 1.05 bits per heavy atom. The van der Waals surface area contributed by atoms with Gasteiger partial charge in [0.25, 0.3) is 0 Å². The lowest BCUT2D eigenvalue weighted by Crippen LogP contribution is -2.26. The van der Waals surface area contributed by atoms with Gasteiger partial charge in [0.05, 0.1) is 0 Å². The van der Waals surface area contributed by atoms with Gasteiger partial charge in [0, 0.05) is 17.9 Å². The van der Waals surface area contributed by atoms with Crippen molar-refractivity contribution in [2.45, 2.75) is 70.4 Å². The minimum atomic E-state index is 0.897. The molecule has 0 spiro atoms. The molecule has 0 aliphatic heterocycles. The van der Waals surface area contributed by atoms with E-state index in [4.69, 9.17) is 0 Å². The van der Waals surface area contributed by atoms with E-state index in [1.807, 2.05) is 11.3 Å². The first-order valence-corrected chi connectivity index (χ1v) is 10.3. The zero-order valence-electron chi connectivity index (χ0n) is 12.5. The molecular formula is C17H28BrNS. The third-order valence-corrected chi connectivity index (χ3v) is 5.40. The van der Waals surface area contributed by atoms with Gasteiger partial charge in [-0.3, -0.25) is 4.90 Å². The fourth-order valence-electron chi connectivity index (χ4n) is 2.74. The SMILES string of the molecule is BrCCCCCCCCCN(Cc1ccsc1)C1CC1. The fraction of sp³-hybridized carbons (Fsp3) is 0.765. The minimum Gasteiger partial charge on any atom is -0.296 e. The largest absolute Gasteiger partial charge is 0.296 e. The van der Waals surface area contributed by atoms with Crippen molar-refractivity contribution in [2.75, 3.05) is 11.9 Å². The van der Waals surface area contributed by atoms with Crippen molar-refractivity contribution in [3.05, 3.63) is 22.4 Å². The molecule has 0 aromatic carbocycles. The fourth-order valence-corrected chi connectivity index (χ4v) is 3.80. The summed E-state index contributed by atoms with van der Waals surface area (Å²) >= 11 is 5.32. The van der Waals surface area contributed by atoms with Crippen LogP contribution in [0.25, 0.3) is 0 Å². The summed E-state index contributed by atoms with van der Waals surface area (Å²) in [7, 11) is 0. The summed E-state index contributed by atoms with van der Waals surface area (Å²) in [6.07, 6.45) is 12.7. The molecule has 114 valence electrons. The van der Waals surface area contributed by atoms with E-state index < -0.39 is 0 Å². The normalized spacial score (nSPS) is 15.1. The number of unbranched alkanes of at least 4 members (excludes halogenated alkanes) is 6. The molecule has 0 unspecified atom stereocenters. The van der Waals surface area contributed by atoms with Crippen LogP contribution in [0.5, 0.6) is 0 Å². The number of alkyl halides is 1. The van der Waals surface area contributed by atoms with Crippen molar-refractivity contribution in [3.63, 3.8) is 0 Å². The summed E-state index contributed by atoms with van der Waals surface area (Å²) in [4.78, 5) is 2.72. The number of thiophene rings is 1. The Balaban J connectivity index is 1.52. The molecule has 1 heterocycles. The molecule has 1 aliphatic rings. The molecule has 0 amide bonds. The lowest BCUT2D eigenvalue weighted by molar-refractivity contribution is 0.248. The van der Waals surface area contributed by atoms with E-state index in [0.717, 1.165) is 6.04 Å². The standard InChI is InChI=1S/C17H28BrNS/c18-11-6-4-2-1-3-5-7-12-19(17-8-9-17)14-16-10-13-20-15-16/h10,13,15,17H,1-9,11-12,14H2. The average Bonchev–Trinajstić information content (AvgIpc) is 3.18. The Morgan fingerprint density at radius 3 is 2.35 bits per heavy atom. The quantitative estimate of drug-likeness (QED) is 0.335. The predicted octanol–water partition coefficient (Wildman–Crippen LogP) is 5.84. The van der Waals surface area contributed by atoms with Gasteiger partial charge in [0.15, 0.2) is 0 Å². The second kappa shape index (κ2) is 9.97. The van der Waals surface area contributed by atoms with Crippen molar-refractivity contribution in [1.29, 1.82) is 0 Å². The summed E-state index contributed by atoms with van der Waals surface area (Å²) in [5.41, 5.74) is 1.51. The predicted molar refractivity (Wildman–Crippen MR) is 93.9 cm³/mol. The third kappa shape index (κ3) is 6.73. The van der Waals surface area contributed by atoms with Crippen molar-refractivity contribution in [2.24, 2.45) is 0 Å². The molecule has 1 nitrogen and oxygen atoms in total. The number of hydrogen-bond donors (Lipinski definition) is 0. The molecule has 0 radical (unpaired) electrons. The monoisotopic (exact) mass is 357 g/mol. The van der Waals surface area contributed by atoms with E-state index in [1.54, 1.807) is 0 Å². The van der Waals surface area contributed by atoms with Gasteiger partial charge in [-0.05, 0) is 54.6 Å². The average molecular weight is 358 g/mol. The molecule has 0 saturated heterocycles. The van der Waals surface area contributed by atoms with Crippen molar-refractivity contribution in [3.8, 4) is 0 Å². The Kier molecular flexibility index (Phi) is 8.23. The Bertz CT molecular complexity index is 335. The van der Waals surface area contributed by atoms with Crippen LogP contribution in [-0.2, 0) is 6.54 Å². The van der Waals surface area contributed by atoms with Gasteiger partial charge >= 0.3 is 0 Å². The van der Waals surface area contributed by atoms with Crippen molar-refractivity contribution in [1.82, 2.24) is 4.90 Å². The number of hydrogen-bond acceptors (Lipinski definition) is 2. The maximum atomic E-state index is 3.50. The molecule has 3 heteroatoms. The minimum absolute atomic E-state index is 0.897. The summed E-state index contributed by atoms with van der Waals surface area (Å²) in [5.74, 6) is 0. The van der Waals surface area contributed by atoms with Gasteiger partial charge in [0.1, 0.15) is 0 Å². The smallest absolute Gasteiger partial charge is 0.0244 e. The van der Waals surface area contributed by atoms with E-state index >= 15 is 0 Å². The van der Waals surface area contributed by atoms with Crippen molar-refractivity contribution >= 4 is 27.3 Å². The molecule has 1 fully saturated rings. The highest BCUT2D eigenvalue weighted by Crippen LogP contribution is 2.29. The highest BCUT2D eigenvalue weighted by molar-refractivity contribution is 9.09. The highest BCUT2D eigenvalue weighted by atomic mass is 79.9. The van der Waals surface area contributed by atoms with E-state index in [9.17, 15) is 0 Å². The van der Waals surface area contributed by atoms with Crippen LogP contribution in [0.2, 0.25) is 0 Å². The lowest BCUT2D eigenvalue weighted by Gasteiger charge is -2.21. The number of halogens is 1. The zero-order chi connectivity index (χ0) is 14.0. The molecular weight excluding hydrogens is 330 g/mol. The van der Waals surface area contributed by atoms with Crippen LogP contribution in [0.4, 0.5) is 0 Å². The van der Waals surface area contributed by atoms with Crippen molar-refractivity contribution < 1.29 is 0 Å². The zero-order valence-corrected chi connectivity index (χ0v) is 14.9. The van der Waals surface area contributed by atoms with Gasteiger partial charge in [-0.15, -0.1) is 0 Å². The van der Waals surface area contributed by atoms with Crippen LogP contribution in [0, 0.1) is 0 Å². The highest BCUT2D eigenvalue weighted by Gasteiger charge is 2.28. The van der Waals surface area contributed by atoms with E-state index in [2.05, 4.69) is 37.7 Å². The van der Waals surface area contributed by atoms with Crippen LogP contribution >= 0.6 is 27.3 Å². The first kappa shape index (κ1) is 16.5. The number of rotatable bonds is 12. The molecule has 2 rings (SSSR count). The van der Waals surface area contributed by atoms with Gasteiger partial charge < -0.3 is 0 Å². The van der Waals surface area contributed by atoms with Gasteiger partial charge in [-0.25, -0.2) is 0 Å². The van der Waals surface area contributed by atoms with Crippen LogP contribution in [0.1, 0.15) is 63.4 Å². The lowest BCUT2D eigenvalue weighted by atomic mass is 10.1. The van der Waals surface area contributed by atoms with Gasteiger partial charge in [-0.1, -0.05) is 48.0 Å². The van der Waals surface area contributed by atoms with Gasteiger partial charge in [-0.2, -0.15) is 11.3 Å². The molecule has 0 atom stereocenters. The Morgan fingerprint density at radius 2 is 1.75 bits per heavy atom. The molecule has 1 aliphatic carbocycles. The van der Waals surface area contributed by atoms with Crippen LogP contribution in [-0.4, -0.2) is 22.8 Å². The summed E-state index contributed by atoms with van der Waals surface area (Å²) in [5, 5.41) is 5.68. The first-order chi connectivity index (χ1) is 9.90. The van der Waals surface area contributed by atoms with Crippen LogP contribution < -0.4 is 0 Å². The Labute approximate surface area is 136 Å². The Hall–Kier alpha value is 0.140. The molecule has 1 aromatic heterocycles. The maximum Gasteiger partial charge on any atom is 0.0244 e. The second-order valence-electron chi connectivity index (χ2n) is 6.00. The maximum absolute atomic E-state index is 3.50. The molecule has 0 N–H and O–H groups in total. The molecule has 20 heavy (non-hydrogen) atoms. The van der Waals surface area contributed by atoms with Crippen LogP contribution in [0.15, 0.2) is 16.8 Å². The van der Waals surface area contributed by atoms with E-state index in [1.165, 1.54) is 81.8 Å². The third-order valence-electron chi connectivity index (χ3n) is 4.11. The summed E-state index contributed by atoms with van der Waals surface area (Å²) in [6, 6.07) is 3.18. The summed E-state index contributed by atoms with van der Waals surface area (Å²) < 4.78 is 0.